The number of hydrogen-bond acceptors (Lipinski definition) is 6. The van der Waals surface area contributed by atoms with Gasteiger partial charge in [0.05, 0.1) is 18.0 Å². The molecule has 7 nitrogen and oxygen atoms in total. The van der Waals surface area contributed by atoms with Gasteiger partial charge in [-0.25, -0.2) is 9.97 Å². The summed E-state index contributed by atoms with van der Waals surface area (Å²) in [7, 11) is 0. The molecule has 8 heteroatoms. The fourth-order valence-electron chi connectivity index (χ4n) is 4.87. The van der Waals surface area contributed by atoms with Gasteiger partial charge in [-0.1, -0.05) is 11.6 Å². The van der Waals surface area contributed by atoms with Gasteiger partial charge >= 0.3 is 5.97 Å². The number of aromatic nitrogens is 3. The lowest BCUT2D eigenvalue weighted by atomic mass is 9.99. The van der Waals surface area contributed by atoms with Crippen LogP contribution in [0.4, 0.5) is 0 Å². The van der Waals surface area contributed by atoms with Crippen LogP contribution in [0.1, 0.15) is 33.2 Å². The molecule has 0 spiro atoms. The lowest BCUT2D eigenvalue weighted by molar-refractivity contribution is -0.172. The Balaban J connectivity index is 1.61. The molecule has 138 valence electrons. The quantitative estimate of drug-likeness (QED) is 0.604. The molecular formula is C18H20ClN3O4. The predicted octanol–water partition coefficient (Wildman–Crippen LogP) is 2.73. The Morgan fingerprint density at radius 3 is 3.00 bits per heavy atom. The van der Waals surface area contributed by atoms with Crippen molar-refractivity contribution in [2.24, 2.45) is 11.3 Å². The fraction of sp³-hybridized carbons (Fsp3) is 0.611. The van der Waals surface area contributed by atoms with E-state index in [1.807, 2.05) is 33.0 Å². The first-order chi connectivity index (χ1) is 12.4. The maximum absolute atomic E-state index is 12.8. The molecule has 0 amide bonds. The molecule has 2 aromatic rings. The number of rotatable bonds is 3. The third kappa shape index (κ3) is 1.99. The van der Waals surface area contributed by atoms with E-state index in [1.54, 1.807) is 0 Å². The molecule has 26 heavy (non-hydrogen) atoms. The van der Waals surface area contributed by atoms with Gasteiger partial charge in [0.15, 0.2) is 5.79 Å². The maximum atomic E-state index is 12.8. The zero-order valence-electron chi connectivity index (χ0n) is 14.8. The summed E-state index contributed by atoms with van der Waals surface area (Å²) < 4.78 is 19.8. The van der Waals surface area contributed by atoms with Gasteiger partial charge in [0, 0.05) is 12.1 Å². The number of carbonyl (C=O) groups is 1. The standard InChI is InChI=1S/C18H20ClN3O4/c1-4-24-16(23)18-7-10(18)11(12-13(18)26-17(2,3)25-12)22-6-5-9-14(19)20-8-21-15(9)22/h5-6,8,10-13H,4,7H2,1-3H3/t10-,11-,12+,13+,18+/m1/s1. The number of nitrogens with zero attached hydrogens (tertiary/aromatic N) is 3. The van der Waals surface area contributed by atoms with Crippen LogP contribution in [-0.4, -0.2) is 45.1 Å². The van der Waals surface area contributed by atoms with Crippen molar-refractivity contribution in [3.63, 3.8) is 0 Å². The highest BCUT2D eigenvalue weighted by Gasteiger charge is 2.80. The summed E-state index contributed by atoms with van der Waals surface area (Å²) in [5.41, 5.74) is 0.112. The van der Waals surface area contributed by atoms with Crippen LogP contribution in [0.5, 0.6) is 0 Å². The van der Waals surface area contributed by atoms with Crippen molar-refractivity contribution in [3.05, 3.63) is 23.7 Å². The van der Waals surface area contributed by atoms with Crippen LogP contribution in [0.2, 0.25) is 5.15 Å². The van der Waals surface area contributed by atoms with Gasteiger partial charge in [0.2, 0.25) is 0 Å². The van der Waals surface area contributed by atoms with Crippen LogP contribution in [-0.2, 0) is 19.0 Å². The third-order valence-corrected chi connectivity index (χ3v) is 6.18. The van der Waals surface area contributed by atoms with Gasteiger partial charge in [0.1, 0.15) is 34.8 Å². The summed E-state index contributed by atoms with van der Waals surface area (Å²) in [4.78, 5) is 21.2. The van der Waals surface area contributed by atoms with Crippen molar-refractivity contribution in [2.45, 2.75) is 51.2 Å². The highest BCUT2D eigenvalue weighted by Crippen LogP contribution is 2.72. The van der Waals surface area contributed by atoms with Crippen LogP contribution in [0, 0.1) is 11.3 Å². The minimum Gasteiger partial charge on any atom is -0.465 e. The minimum absolute atomic E-state index is 0.0605. The lowest BCUT2D eigenvalue weighted by Gasteiger charge is -2.24. The molecule has 1 saturated heterocycles. The van der Waals surface area contributed by atoms with Crippen molar-refractivity contribution in [2.75, 3.05) is 6.61 Å². The second-order valence-corrected chi connectivity index (χ2v) is 8.07. The summed E-state index contributed by atoms with van der Waals surface area (Å²) in [6, 6.07) is 1.84. The summed E-state index contributed by atoms with van der Waals surface area (Å²) in [5.74, 6) is -0.833. The van der Waals surface area contributed by atoms with Crippen molar-refractivity contribution >= 4 is 28.6 Å². The SMILES string of the molecule is CCOC(=O)[C@@]12C[C@@H]1[C@@H](n1ccc3c(Cl)ncnc31)[C@@H]1OC(C)(C)O[C@@H]12. The molecule has 0 unspecified atom stereocenters. The predicted molar refractivity (Wildman–Crippen MR) is 92.6 cm³/mol. The first-order valence-electron chi connectivity index (χ1n) is 8.89. The topological polar surface area (TPSA) is 75.5 Å². The molecule has 3 heterocycles. The molecule has 2 aliphatic carbocycles. The first-order valence-corrected chi connectivity index (χ1v) is 9.27. The monoisotopic (exact) mass is 377 g/mol. The molecule has 5 atom stereocenters. The Labute approximate surface area is 155 Å². The van der Waals surface area contributed by atoms with Gasteiger partial charge in [-0.3, -0.25) is 4.79 Å². The van der Waals surface area contributed by atoms with E-state index < -0.39 is 11.2 Å². The largest absolute Gasteiger partial charge is 0.465 e. The molecule has 5 rings (SSSR count). The van der Waals surface area contributed by atoms with Crippen LogP contribution >= 0.6 is 11.6 Å². The van der Waals surface area contributed by atoms with Crippen LogP contribution in [0.15, 0.2) is 18.6 Å². The van der Waals surface area contributed by atoms with E-state index in [0.717, 1.165) is 17.5 Å². The van der Waals surface area contributed by atoms with E-state index in [4.69, 9.17) is 25.8 Å². The number of esters is 1. The Kier molecular flexibility index (Phi) is 3.28. The Hall–Kier alpha value is -1.70. The normalized spacial score (nSPS) is 36.8. The van der Waals surface area contributed by atoms with Gasteiger partial charge in [-0.05, 0) is 33.3 Å². The molecule has 0 radical (unpaired) electrons. The van der Waals surface area contributed by atoms with E-state index in [1.165, 1.54) is 6.33 Å². The Morgan fingerprint density at radius 1 is 1.42 bits per heavy atom. The maximum Gasteiger partial charge on any atom is 0.315 e. The second kappa shape index (κ2) is 5.18. The van der Waals surface area contributed by atoms with Crippen molar-refractivity contribution in [3.8, 4) is 0 Å². The number of fused-ring (bicyclic) bond motifs is 4. The van der Waals surface area contributed by atoms with E-state index in [9.17, 15) is 4.79 Å². The smallest absolute Gasteiger partial charge is 0.315 e. The van der Waals surface area contributed by atoms with Gasteiger partial charge in [-0.2, -0.15) is 0 Å². The molecule has 0 N–H and O–H groups in total. The van der Waals surface area contributed by atoms with Gasteiger partial charge in [0.25, 0.3) is 0 Å². The lowest BCUT2D eigenvalue weighted by Crippen LogP contribution is -2.36. The Morgan fingerprint density at radius 2 is 2.23 bits per heavy atom. The molecule has 2 aromatic heterocycles. The van der Waals surface area contributed by atoms with E-state index in [2.05, 4.69) is 14.5 Å². The first kappa shape index (κ1) is 16.5. The minimum atomic E-state index is -0.740. The molecule has 3 fully saturated rings. The molecule has 0 aromatic carbocycles. The van der Waals surface area contributed by atoms with Crippen molar-refractivity contribution < 1.29 is 19.0 Å². The van der Waals surface area contributed by atoms with Crippen LogP contribution in [0.25, 0.3) is 11.0 Å². The highest BCUT2D eigenvalue weighted by molar-refractivity contribution is 6.33. The van der Waals surface area contributed by atoms with Crippen LogP contribution < -0.4 is 0 Å². The molecule has 1 aliphatic heterocycles. The zero-order valence-corrected chi connectivity index (χ0v) is 15.6. The average molecular weight is 378 g/mol. The van der Waals surface area contributed by atoms with Crippen LogP contribution in [0.3, 0.4) is 0 Å². The average Bonchev–Trinajstić information content (AvgIpc) is 2.87. The van der Waals surface area contributed by atoms with Crippen molar-refractivity contribution in [1.29, 1.82) is 0 Å². The highest BCUT2D eigenvalue weighted by atomic mass is 35.5. The fourth-order valence-corrected chi connectivity index (χ4v) is 5.06. The summed E-state index contributed by atoms with van der Waals surface area (Å²) in [6.07, 6.45) is 3.57. The molecule has 3 aliphatic rings. The summed E-state index contributed by atoms with van der Waals surface area (Å²) in [6.45, 7) is 5.94. The van der Waals surface area contributed by atoms with Gasteiger partial charge < -0.3 is 18.8 Å². The summed E-state index contributed by atoms with van der Waals surface area (Å²) in [5, 5.41) is 1.21. The van der Waals surface area contributed by atoms with E-state index in [-0.39, 0.29) is 30.1 Å². The number of halogens is 1. The molecule has 0 bridgehead atoms. The summed E-state index contributed by atoms with van der Waals surface area (Å²) >= 11 is 6.21. The second-order valence-electron chi connectivity index (χ2n) is 7.71. The third-order valence-electron chi connectivity index (χ3n) is 5.88. The van der Waals surface area contributed by atoms with Crippen molar-refractivity contribution in [1.82, 2.24) is 14.5 Å². The number of carbonyl (C=O) groups excluding carboxylic acids is 1. The van der Waals surface area contributed by atoms with E-state index in [0.29, 0.717) is 11.8 Å². The molecule has 2 saturated carbocycles. The number of hydrogen-bond donors (Lipinski definition) is 0. The van der Waals surface area contributed by atoms with E-state index >= 15 is 0 Å². The zero-order chi connectivity index (χ0) is 18.3. The number of ether oxygens (including phenoxy) is 3. The Bertz CT molecular complexity index is 913. The molecular weight excluding hydrogens is 358 g/mol. The van der Waals surface area contributed by atoms with Gasteiger partial charge in [-0.15, -0.1) is 0 Å².